The smallest absolute Gasteiger partial charge is 0.407 e. The molecule has 0 saturated heterocycles. The van der Waals surface area contributed by atoms with Crippen LogP contribution in [-0.2, 0) is 16.1 Å². The Morgan fingerprint density at radius 3 is 0.902 bits per heavy atom. The summed E-state index contributed by atoms with van der Waals surface area (Å²) in [6.07, 6.45) is 44.5. The van der Waals surface area contributed by atoms with Gasteiger partial charge in [0.05, 0.1) is 0 Å². The van der Waals surface area contributed by atoms with Gasteiger partial charge < -0.3 is 61.3 Å². The largest absolute Gasteiger partial charge is 0.445 e. The van der Waals surface area contributed by atoms with Gasteiger partial charge in [-0.2, -0.15) is 0 Å². The van der Waals surface area contributed by atoms with E-state index in [9.17, 15) is 55.5 Å². The zero-order valence-corrected chi connectivity index (χ0v) is 58.0. The molecule has 0 aliphatic rings. The van der Waals surface area contributed by atoms with Gasteiger partial charge >= 0.3 is 6.09 Å². The summed E-state index contributed by atoms with van der Waals surface area (Å²) in [5.41, 5.74) is 1.16. The molecular weight excluding hydrogens is 1160 g/mol. The van der Waals surface area contributed by atoms with Crippen LogP contribution in [0.4, 0.5) is 4.79 Å². The highest BCUT2D eigenvalue weighted by atomic mass is 16.5. The molecule has 3 rings (SSSR count). The molecule has 0 aliphatic carbocycles. The average molecular weight is 1290 g/mol. The number of hydrogen-bond acceptors (Lipinski definition) is 12. The Bertz CT molecular complexity index is 2160. The Labute approximate surface area is 558 Å². The Morgan fingerprint density at radius 1 is 0.304 bits per heavy atom. The van der Waals surface area contributed by atoms with Crippen LogP contribution in [0.3, 0.4) is 0 Å². The number of amides is 2. The normalized spacial score (nSPS) is 12.9. The van der Waals surface area contributed by atoms with E-state index in [1.807, 2.05) is 24.3 Å². The number of aliphatic hydroxyl groups excluding tert-OH is 9. The van der Waals surface area contributed by atoms with Crippen molar-refractivity contribution in [2.75, 3.05) is 72.6 Å². The topological polar surface area (TPSA) is 249 Å². The Balaban J connectivity index is 1.66. The Kier molecular flexibility index (Phi) is 47.4. The molecule has 92 heavy (non-hydrogen) atoms. The zero-order chi connectivity index (χ0) is 66.5. The minimum atomic E-state index is -0.417. The summed E-state index contributed by atoms with van der Waals surface area (Å²) in [4.78, 5) is 26.7. The molecule has 0 bridgehead atoms. The number of carbonyl (C=O) groups excluding carboxylic acids is 2. The summed E-state index contributed by atoms with van der Waals surface area (Å²) in [7, 11) is 0. The van der Waals surface area contributed by atoms with E-state index in [4.69, 9.17) is 4.74 Å². The minimum absolute atomic E-state index is 0.0288. The summed E-state index contributed by atoms with van der Waals surface area (Å²) in [5.74, 6) is 0.133. The molecule has 1 unspecified atom stereocenters. The molecule has 0 spiro atoms. The van der Waals surface area contributed by atoms with Crippen molar-refractivity contribution in [2.45, 2.75) is 302 Å². The maximum absolute atomic E-state index is 13.9. The van der Waals surface area contributed by atoms with E-state index in [-0.39, 0.29) is 93.6 Å². The lowest BCUT2D eigenvalue weighted by Crippen LogP contribution is -2.28. The second-order valence-corrected chi connectivity index (χ2v) is 28.2. The van der Waals surface area contributed by atoms with Crippen molar-refractivity contribution >= 4 is 33.5 Å². The Morgan fingerprint density at radius 2 is 0.576 bits per heavy atom. The standard InChI is InChI=1S/C78H136N2O12/c81-57-26-45-75(46-27-58-82,47-28-59-83)39-18-6-1-2-7-20-41-77(42-21-8-3-4-9-23-44-78(54-65-89,51-32-63-87)52-33-64-88,43-22-11-5-10-19-40-76(48-29-60-84,49-30-61-85)50-31-62-86)53-38-73(90)79-55-24-12-13-25-56-80-74(91)92-67-72-70-36-16-14-34-68(70)66-69-35-15-17-37-71(69)72/h14-17,34-37,66,81-89H,1-13,18-33,38-65,67H2,(H,79,90)(H,80,91). The number of alkyl carbamates (subject to hydrolysis) is 1. The first-order valence-electron chi connectivity index (χ1n) is 37.6. The molecule has 2 amide bonds. The second-order valence-electron chi connectivity index (χ2n) is 28.2. The molecule has 1 atom stereocenters. The van der Waals surface area contributed by atoms with Gasteiger partial charge in [-0.3, -0.25) is 4.79 Å². The summed E-state index contributed by atoms with van der Waals surface area (Å²) in [6, 6.07) is 18.6. The molecule has 0 radical (unpaired) electrons. The van der Waals surface area contributed by atoms with Crippen molar-refractivity contribution in [2.24, 2.45) is 21.7 Å². The van der Waals surface area contributed by atoms with Gasteiger partial charge in [-0.15, -0.1) is 0 Å². The van der Waals surface area contributed by atoms with E-state index in [0.717, 1.165) is 297 Å². The highest BCUT2D eigenvalue weighted by Crippen LogP contribution is 2.45. The van der Waals surface area contributed by atoms with Crippen LogP contribution in [0.25, 0.3) is 21.5 Å². The van der Waals surface area contributed by atoms with Gasteiger partial charge in [0.15, 0.2) is 0 Å². The van der Waals surface area contributed by atoms with Crippen LogP contribution in [-0.4, -0.2) is 131 Å². The average Bonchev–Trinajstić information content (AvgIpc) is 0.918. The second kappa shape index (κ2) is 52.7. The van der Waals surface area contributed by atoms with E-state index >= 15 is 0 Å². The molecule has 14 heteroatoms. The molecular formula is C78H136N2O12. The number of nitrogens with one attached hydrogen (secondary N) is 2. The van der Waals surface area contributed by atoms with Crippen LogP contribution in [0, 0.1) is 21.7 Å². The lowest BCUT2D eigenvalue weighted by molar-refractivity contribution is -0.121. The van der Waals surface area contributed by atoms with Crippen LogP contribution in [0.1, 0.15) is 301 Å². The zero-order valence-electron chi connectivity index (χ0n) is 58.0. The van der Waals surface area contributed by atoms with Gasteiger partial charge in [-0.1, -0.05) is 171 Å². The number of hydrogen-bond donors (Lipinski definition) is 11. The van der Waals surface area contributed by atoms with Gasteiger partial charge in [0.1, 0.15) is 6.61 Å². The molecule has 3 aromatic carbocycles. The predicted molar refractivity (Wildman–Crippen MR) is 379 cm³/mol. The summed E-state index contributed by atoms with van der Waals surface area (Å²) < 4.78 is 5.76. The molecule has 0 heterocycles. The first-order valence-corrected chi connectivity index (χ1v) is 37.6. The van der Waals surface area contributed by atoms with Crippen molar-refractivity contribution in [1.82, 2.24) is 10.6 Å². The van der Waals surface area contributed by atoms with Crippen molar-refractivity contribution in [3.05, 3.63) is 60.2 Å². The number of aliphatic hydroxyl groups is 9. The predicted octanol–water partition coefficient (Wildman–Crippen LogP) is 16.2. The number of benzene rings is 3. The number of rotatable bonds is 64. The van der Waals surface area contributed by atoms with Crippen molar-refractivity contribution in [1.29, 1.82) is 0 Å². The monoisotopic (exact) mass is 1290 g/mol. The number of unbranched alkanes of at least 4 members (excludes halogenated alkanes) is 17. The van der Waals surface area contributed by atoms with Crippen LogP contribution in [0.5, 0.6) is 0 Å². The lowest BCUT2D eigenvalue weighted by atomic mass is 9.70. The van der Waals surface area contributed by atoms with Gasteiger partial charge in [0.25, 0.3) is 0 Å². The van der Waals surface area contributed by atoms with E-state index in [1.54, 1.807) is 0 Å². The van der Waals surface area contributed by atoms with Gasteiger partial charge in [0, 0.05) is 84.5 Å². The van der Waals surface area contributed by atoms with E-state index in [0.29, 0.717) is 25.9 Å². The quantitative estimate of drug-likeness (QED) is 0.0187. The molecule has 11 N–H and O–H groups in total. The first kappa shape index (κ1) is 82.8. The van der Waals surface area contributed by atoms with Crippen molar-refractivity contribution < 1.29 is 60.3 Å². The molecule has 0 aliphatic heterocycles. The van der Waals surface area contributed by atoms with Gasteiger partial charge in [-0.25, -0.2) is 4.79 Å². The third-order valence-corrected chi connectivity index (χ3v) is 21.1. The van der Waals surface area contributed by atoms with Crippen molar-refractivity contribution in [3.63, 3.8) is 0 Å². The molecule has 0 aromatic heterocycles. The fraction of sp³-hybridized carbons (Fsp3) is 0.795. The molecule has 3 aromatic rings. The third kappa shape index (κ3) is 35.0. The third-order valence-electron chi connectivity index (χ3n) is 21.1. The fourth-order valence-electron chi connectivity index (χ4n) is 15.8. The number of ether oxygens (including phenoxy) is 1. The van der Waals surface area contributed by atoms with Crippen molar-refractivity contribution in [3.8, 4) is 0 Å². The molecule has 530 valence electrons. The highest BCUT2D eigenvalue weighted by Gasteiger charge is 2.32. The fourth-order valence-corrected chi connectivity index (χ4v) is 15.8. The number of carbonyl (C=O) groups is 2. The summed E-state index contributed by atoms with van der Waals surface area (Å²) in [5, 5.41) is 98.5. The van der Waals surface area contributed by atoms with E-state index < -0.39 is 6.09 Å². The Hall–Kier alpha value is -3.44. The molecule has 0 fully saturated rings. The molecule has 14 nitrogen and oxygen atoms in total. The van der Waals surface area contributed by atoms with Crippen LogP contribution < -0.4 is 10.6 Å². The van der Waals surface area contributed by atoms with E-state index in [1.165, 1.54) is 12.8 Å². The summed E-state index contributed by atoms with van der Waals surface area (Å²) in [6.45, 7) is 2.78. The van der Waals surface area contributed by atoms with Gasteiger partial charge in [0.2, 0.25) is 5.91 Å². The SMILES string of the molecule is O=C(CCC(CCCCCCCCC(CCO)(CCCO)CCCO)(CCCCCCCCC(CCCO)(CCCO)CCCO)CCCCCCCC(CCCO)(CCCO)CCCO)NCCCCCCNC(=O)OCc1c2ccccc2cc2ccccc12. The summed E-state index contributed by atoms with van der Waals surface area (Å²) >= 11 is 0. The van der Waals surface area contributed by atoms with Crippen LogP contribution >= 0.6 is 0 Å². The first-order chi connectivity index (χ1) is 45.0. The van der Waals surface area contributed by atoms with E-state index in [2.05, 4.69) is 41.0 Å². The van der Waals surface area contributed by atoms with Gasteiger partial charge in [-0.05, 0) is 216 Å². The molecule has 0 saturated carbocycles. The maximum atomic E-state index is 13.9. The van der Waals surface area contributed by atoms with Crippen LogP contribution in [0.2, 0.25) is 0 Å². The minimum Gasteiger partial charge on any atom is -0.445 e. The van der Waals surface area contributed by atoms with Crippen LogP contribution in [0.15, 0.2) is 54.6 Å². The highest BCUT2D eigenvalue weighted by molar-refractivity contribution is 6.02. The maximum Gasteiger partial charge on any atom is 0.407 e. The lowest BCUT2D eigenvalue weighted by Gasteiger charge is -2.35. The number of fused-ring (bicyclic) bond motifs is 2.